The van der Waals surface area contributed by atoms with Crippen LogP contribution in [0.25, 0.3) is 0 Å². The molecule has 18 heteroatoms. The van der Waals surface area contributed by atoms with Crippen LogP contribution >= 0.6 is 0 Å². The molecule has 0 aliphatic rings. The maximum atomic E-state index is 11.7. The summed E-state index contributed by atoms with van der Waals surface area (Å²) < 4.78 is 14.4. The molecule has 0 rings (SSSR count). The molecule has 0 aliphatic heterocycles. The van der Waals surface area contributed by atoms with E-state index >= 15 is 0 Å². The summed E-state index contributed by atoms with van der Waals surface area (Å²) in [7, 11) is 0. The molecule has 6 N–H and O–H groups in total. The van der Waals surface area contributed by atoms with Gasteiger partial charge in [-0.05, 0) is 77.0 Å². The number of aliphatic hydroxyl groups is 4. The Bertz CT molecular complexity index is 1070. The molecule has 2 amide bonds. The fourth-order valence-electron chi connectivity index (χ4n) is 3.77. The molecule has 0 fully saturated rings. The number of carbonyl (C=O) groups excluding carboxylic acids is 8. The van der Waals surface area contributed by atoms with Gasteiger partial charge >= 0.3 is 17.8 Å². The Hall–Kier alpha value is -2.93. The minimum absolute atomic E-state index is 0. The van der Waals surface area contributed by atoms with E-state index in [4.69, 9.17) is 25.2 Å². The number of nitrogens with one attached hydrogen (secondary N) is 2. The summed E-state index contributed by atoms with van der Waals surface area (Å²) in [6.07, 6.45) is 10.7. The van der Waals surface area contributed by atoms with Gasteiger partial charge < -0.3 is 45.3 Å². The summed E-state index contributed by atoms with van der Waals surface area (Å²) in [6.45, 7) is 70.6. The van der Waals surface area contributed by atoms with Crippen LogP contribution in [0.2, 0.25) is 0 Å². The van der Waals surface area contributed by atoms with Gasteiger partial charge in [0.05, 0.1) is 13.2 Å². The molecule has 0 aromatic rings. The number of rotatable bonds is 30. The minimum atomic E-state index is -0.964. The third-order valence-corrected chi connectivity index (χ3v) is 7.29. The summed E-state index contributed by atoms with van der Waals surface area (Å²) >= 11 is 0. The first-order valence-electron chi connectivity index (χ1n) is 35.0. The predicted molar refractivity (Wildman–Crippen MR) is 381 cm³/mol. The molecule has 0 radical (unpaired) electrons. The molecule has 0 atom stereocenters. The molecule has 88 heavy (non-hydrogen) atoms. The minimum Gasteiger partial charge on any atom is -0.460 e. The largest absolute Gasteiger partial charge is 0.460 e. The fourth-order valence-corrected chi connectivity index (χ4v) is 3.77. The van der Waals surface area contributed by atoms with E-state index in [0.29, 0.717) is 58.4 Å². The van der Waals surface area contributed by atoms with Crippen LogP contribution in [0.3, 0.4) is 0 Å². The zero-order valence-corrected chi connectivity index (χ0v) is 66.9. The molecule has 0 aliphatic carbocycles. The van der Waals surface area contributed by atoms with Crippen molar-refractivity contribution in [3.8, 4) is 0 Å². The van der Waals surface area contributed by atoms with Gasteiger partial charge in [0.25, 0.3) is 5.91 Å². The average molecular weight is 1320 g/mol. The summed E-state index contributed by atoms with van der Waals surface area (Å²) in [6, 6.07) is 0. The van der Waals surface area contributed by atoms with Crippen molar-refractivity contribution < 1.29 is 94.7 Å². The van der Waals surface area contributed by atoms with E-state index in [2.05, 4.69) is 61.6 Å². The van der Waals surface area contributed by atoms with Crippen molar-refractivity contribution >= 4 is 46.9 Å². The number of Topliss-reactive ketones (excluding diaryl/α,β-unsaturated/α-hetero) is 4. The number of hydrogen-bond donors (Lipinski definition) is 6. The van der Waals surface area contributed by atoms with E-state index in [1.165, 1.54) is 0 Å². The number of esters is 2. The second-order valence-corrected chi connectivity index (χ2v) is 14.7. The number of hydrogen-bond acceptors (Lipinski definition) is 15. The van der Waals surface area contributed by atoms with Crippen molar-refractivity contribution in [3.63, 3.8) is 0 Å². The van der Waals surface area contributed by atoms with E-state index in [-0.39, 0.29) is 91.8 Å². The van der Waals surface area contributed by atoms with E-state index in [0.717, 1.165) is 57.8 Å². The van der Waals surface area contributed by atoms with Crippen molar-refractivity contribution in [1.29, 1.82) is 0 Å². The molecule has 17 nitrogen and oxygen atoms in total. The van der Waals surface area contributed by atoms with Gasteiger partial charge in [-0.25, -0.2) is 9.59 Å². The van der Waals surface area contributed by atoms with Crippen molar-refractivity contribution in [2.45, 2.75) is 338 Å². The monoisotopic (exact) mass is 1320 g/mol. The topological polar surface area (TPSA) is 269 Å². The zero-order chi connectivity index (χ0) is 73.7. The normalized spacial score (nSPS) is 7.77. The number of unbranched alkanes of at least 4 members (excludes halogenated alkanes) is 5. The SMILES string of the molecule is CC.CC.CC.CC.CC.CC.CC.CC.CC.CC.CC.CC.CC(C)COCCCCC(=O)C(=O)CCCNC(=O)C(=O)CC(C)C.CCCCO.CCCCO.CCCCO.CCCCO.CCOC(=O)C(=O)CCCNC(=O)C(=O)OCC.[Ti]. The maximum absolute atomic E-state index is 11.7. The van der Waals surface area contributed by atoms with Crippen LogP contribution in [0, 0.1) is 11.8 Å². The molecule has 0 heterocycles. The molecule has 0 unspecified atom stereocenters. The Balaban J connectivity index is -0.0000000388. The van der Waals surface area contributed by atoms with Gasteiger partial charge in [-0.15, -0.1) is 0 Å². The van der Waals surface area contributed by atoms with Crippen LogP contribution in [0.5, 0.6) is 0 Å². The number of aliphatic hydroxyl groups excluding tert-OH is 4. The molecule has 0 saturated carbocycles. The van der Waals surface area contributed by atoms with Crippen LogP contribution in [0.4, 0.5) is 0 Å². The van der Waals surface area contributed by atoms with E-state index in [9.17, 15) is 38.4 Å². The fraction of sp³-hybridized carbons (Fsp3) is 0.886. The standard InChI is InChI=1S/C19H33NO5.C11H17NO6.4C4H10O.12C2H6.Ti/c1-14(2)12-18(23)19(24)20-10-7-9-17(22)16(21)8-5-6-11-25-13-15(3)4;1-3-17-10(15)8(13)6-5-7-12-9(14)11(16)18-4-2;4*1-2-3-4-5;12*1-2;/h14-15H,5-13H2,1-4H3,(H,20,24);3-7H2,1-2H3,(H,12,14);4*5H,2-4H2,1H3;12*1-2H3;. The van der Waals surface area contributed by atoms with Gasteiger partial charge in [-0.3, -0.25) is 28.8 Å². The van der Waals surface area contributed by atoms with E-state index in [1.54, 1.807) is 13.8 Å². The van der Waals surface area contributed by atoms with Gasteiger partial charge in [0.1, 0.15) is 0 Å². The van der Waals surface area contributed by atoms with Crippen LogP contribution in [-0.2, 0) is 74.3 Å². The van der Waals surface area contributed by atoms with E-state index in [1.807, 2.05) is 180 Å². The summed E-state index contributed by atoms with van der Waals surface area (Å²) in [4.78, 5) is 90.4. The molecule has 0 bridgehead atoms. The van der Waals surface area contributed by atoms with Gasteiger partial charge in [-0.2, -0.15) is 0 Å². The number of amides is 2. The second kappa shape index (κ2) is 172. The van der Waals surface area contributed by atoms with Crippen LogP contribution in [0.15, 0.2) is 0 Å². The molecular weight excluding hydrogens is 1160 g/mol. The Morgan fingerprint density at radius 1 is 0.341 bits per heavy atom. The first kappa shape index (κ1) is 138. The predicted octanol–water partition coefficient (Wildman–Crippen LogP) is 17.5. The van der Waals surface area contributed by atoms with E-state index < -0.39 is 41.1 Å². The van der Waals surface area contributed by atoms with Crippen LogP contribution < -0.4 is 10.6 Å². The molecular formula is C70H162N2O15Ti. The van der Waals surface area contributed by atoms with Gasteiger partial charge in [-0.1, -0.05) is 247 Å². The Morgan fingerprint density at radius 3 is 0.864 bits per heavy atom. The Morgan fingerprint density at radius 2 is 0.614 bits per heavy atom. The smallest absolute Gasteiger partial charge is 0.396 e. The molecule has 546 valence electrons. The van der Waals surface area contributed by atoms with Crippen molar-refractivity contribution in [2.75, 3.05) is 65.9 Å². The quantitative estimate of drug-likeness (QED) is 0.0169. The third-order valence-electron chi connectivity index (χ3n) is 7.29. The second-order valence-electron chi connectivity index (χ2n) is 14.7. The van der Waals surface area contributed by atoms with Crippen molar-refractivity contribution in [3.05, 3.63) is 0 Å². The van der Waals surface area contributed by atoms with Crippen LogP contribution in [-0.4, -0.2) is 133 Å². The molecule has 0 aromatic heterocycles. The van der Waals surface area contributed by atoms with Gasteiger partial charge in [0.2, 0.25) is 11.6 Å². The molecule has 0 aromatic carbocycles. The number of ether oxygens (including phenoxy) is 3. The maximum Gasteiger partial charge on any atom is 0.396 e. The summed E-state index contributed by atoms with van der Waals surface area (Å²) in [5.41, 5.74) is 0. The van der Waals surface area contributed by atoms with Gasteiger partial charge in [0, 0.05) is 100 Å². The van der Waals surface area contributed by atoms with Crippen molar-refractivity contribution in [2.24, 2.45) is 11.8 Å². The Labute approximate surface area is 565 Å². The molecule has 0 spiro atoms. The number of ketones is 4. The average Bonchev–Trinajstić information content (AvgIpc) is 3.57. The third kappa shape index (κ3) is 191. The zero-order valence-electron chi connectivity index (χ0n) is 65.3. The van der Waals surface area contributed by atoms with Gasteiger partial charge in [0.15, 0.2) is 11.6 Å². The first-order chi connectivity index (χ1) is 41.9. The number of carbonyl (C=O) groups is 8. The molecule has 0 saturated heterocycles. The van der Waals surface area contributed by atoms with Crippen LogP contribution in [0.1, 0.15) is 338 Å². The summed E-state index contributed by atoms with van der Waals surface area (Å²) in [5.74, 6) is -4.58. The summed E-state index contributed by atoms with van der Waals surface area (Å²) in [5, 5.41) is 37.0. The first-order valence-corrected chi connectivity index (χ1v) is 35.0. The van der Waals surface area contributed by atoms with Crippen molar-refractivity contribution in [1.82, 2.24) is 10.6 Å². The Kier molecular flexibility index (Phi) is 269.